The summed E-state index contributed by atoms with van der Waals surface area (Å²) in [6.45, 7) is 0.686. The van der Waals surface area contributed by atoms with Crippen LogP contribution in [-0.4, -0.2) is 36.3 Å². The zero-order chi connectivity index (χ0) is 16.4. The summed E-state index contributed by atoms with van der Waals surface area (Å²) < 4.78 is 0.888. The maximum Gasteiger partial charge on any atom is 0.292 e. The molecule has 2 fully saturated rings. The summed E-state index contributed by atoms with van der Waals surface area (Å²) in [4.78, 5) is 38.1. The highest BCUT2D eigenvalue weighted by Crippen LogP contribution is 2.23. The van der Waals surface area contributed by atoms with E-state index in [9.17, 15) is 14.4 Å². The number of carbonyl (C=O) groups excluding carboxylic acids is 3. The van der Waals surface area contributed by atoms with Crippen LogP contribution in [0.3, 0.4) is 0 Å². The summed E-state index contributed by atoms with van der Waals surface area (Å²) in [5.74, 6) is -0.494. The number of hydrogen-bond donors (Lipinski definition) is 2. The van der Waals surface area contributed by atoms with Crippen molar-refractivity contribution in [2.75, 3.05) is 11.4 Å². The van der Waals surface area contributed by atoms with Gasteiger partial charge in [0, 0.05) is 17.4 Å². The molecule has 0 unspecified atom stereocenters. The van der Waals surface area contributed by atoms with Gasteiger partial charge in [-0.1, -0.05) is 15.9 Å². The van der Waals surface area contributed by atoms with E-state index in [4.69, 9.17) is 0 Å². The summed E-state index contributed by atoms with van der Waals surface area (Å²) in [5.41, 5.74) is 0.574. The van der Waals surface area contributed by atoms with E-state index in [0.717, 1.165) is 23.7 Å². The van der Waals surface area contributed by atoms with Crippen molar-refractivity contribution < 1.29 is 19.7 Å². The highest BCUT2D eigenvalue weighted by molar-refractivity contribution is 9.10. The fraction of sp³-hybridized carbons (Fsp3) is 0.438. The standard InChI is InChI=1S/C16H18BrN3O3/c17-10-4-6-11(7-5-10)20-14(21)9-13(16(20)23)19-12-3-1-2-8-18-15(12)22/h4-7,12-13,19H,1-3,8-9H2,(H,18,22)/p+1/t12-,13+/m1/s1. The van der Waals surface area contributed by atoms with Crippen molar-refractivity contribution >= 4 is 39.3 Å². The van der Waals surface area contributed by atoms with E-state index < -0.39 is 6.04 Å². The number of carbonyl (C=O) groups is 3. The molecule has 0 spiro atoms. The Bertz CT molecular complexity index is 632. The second kappa shape index (κ2) is 6.80. The third-order valence-corrected chi connectivity index (χ3v) is 4.84. The molecular formula is C16H19BrN3O3+. The highest BCUT2D eigenvalue weighted by atomic mass is 79.9. The molecule has 2 aliphatic heterocycles. The lowest BCUT2D eigenvalue weighted by molar-refractivity contribution is -0.696. The predicted octanol–water partition coefficient (Wildman–Crippen LogP) is 0.313. The van der Waals surface area contributed by atoms with E-state index in [1.165, 1.54) is 4.90 Å². The van der Waals surface area contributed by atoms with Gasteiger partial charge in [-0.15, -0.1) is 0 Å². The van der Waals surface area contributed by atoms with Gasteiger partial charge < -0.3 is 10.6 Å². The SMILES string of the molecule is O=C1NCCCC[C@H]1[NH2+][C@H]1CC(=O)N(c2ccc(Br)cc2)C1=O. The minimum Gasteiger partial charge on any atom is -0.351 e. The van der Waals surface area contributed by atoms with Crippen molar-refractivity contribution in [1.82, 2.24) is 5.32 Å². The zero-order valence-electron chi connectivity index (χ0n) is 12.6. The van der Waals surface area contributed by atoms with Gasteiger partial charge in [-0.25, -0.2) is 4.90 Å². The van der Waals surface area contributed by atoms with Crippen LogP contribution in [-0.2, 0) is 14.4 Å². The quantitative estimate of drug-likeness (QED) is 0.740. The van der Waals surface area contributed by atoms with Crippen molar-refractivity contribution in [3.8, 4) is 0 Å². The molecule has 1 aromatic carbocycles. The normalized spacial score (nSPS) is 25.4. The molecule has 2 heterocycles. The average molecular weight is 381 g/mol. The first-order chi connectivity index (χ1) is 11.1. The average Bonchev–Trinajstić information content (AvgIpc) is 2.68. The molecule has 7 heteroatoms. The third-order valence-electron chi connectivity index (χ3n) is 4.31. The Hall–Kier alpha value is -1.73. The van der Waals surface area contributed by atoms with Crippen LogP contribution < -0.4 is 15.5 Å². The molecule has 3 amide bonds. The summed E-state index contributed by atoms with van der Waals surface area (Å²) in [5, 5.41) is 4.62. The molecule has 23 heavy (non-hydrogen) atoms. The first-order valence-corrected chi connectivity index (χ1v) is 8.60. The number of nitrogens with one attached hydrogen (secondary N) is 1. The topological polar surface area (TPSA) is 83.1 Å². The Labute approximate surface area is 142 Å². The zero-order valence-corrected chi connectivity index (χ0v) is 14.2. The number of halogens is 1. The first kappa shape index (κ1) is 16.1. The van der Waals surface area contributed by atoms with Crippen LogP contribution in [0, 0.1) is 0 Å². The molecule has 2 aliphatic rings. The lowest BCUT2D eigenvalue weighted by Crippen LogP contribution is -2.98. The van der Waals surface area contributed by atoms with Crippen LogP contribution >= 0.6 is 15.9 Å². The fourth-order valence-electron chi connectivity index (χ4n) is 3.09. The van der Waals surface area contributed by atoms with Crippen molar-refractivity contribution in [1.29, 1.82) is 0 Å². The Morgan fingerprint density at radius 1 is 1.09 bits per heavy atom. The Balaban J connectivity index is 1.73. The number of rotatable bonds is 3. The maximum absolute atomic E-state index is 12.6. The molecule has 0 radical (unpaired) electrons. The van der Waals surface area contributed by atoms with Crippen molar-refractivity contribution in [3.05, 3.63) is 28.7 Å². The molecule has 122 valence electrons. The number of imide groups is 1. The summed E-state index contributed by atoms with van der Waals surface area (Å²) in [6.07, 6.45) is 2.78. The van der Waals surface area contributed by atoms with Gasteiger partial charge in [-0.2, -0.15) is 0 Å². The Morgan fingerprint density at radius 2 is 1.83 bits per heavy atom. The molecule has 0 aromatic heterocycles. The first-order valence-electron chi connectivity index (χ1n) is 7.81. The summed E-state index contributed by atoms with van der Waals surface area (Å²) in [7, 11) is 0. The van der Waals surface area contributed by atoms with Gasteiger partial charge in [0.1, 0.15) is 0 Å². The molecule has 2 atom stereocenters. The number of quaternary nitrogens is 1. The van der Waals surface area contributed by atoms with Gasteiger partial charge in [-0.3, -0.25) is 14.4 Å². The molecular weight excluding hydrogens is 362 g/mol. The van der Waals surface area contributed by atoms with Crippen LogP contribution in [0.1, 0.15) is 25.7 Å². The van der Waals surface area contributed by atoms with Crippen LogP contribution in [0.5, 0.6) is 0 Å². The van der Waals surface area contributed by atoms with E-state index >= 15 is 0 Å². The number of hydrogen-bond acceptors (Lipinski definition) is 3. The molecule has 0 aliphatic carbocycles. The van der Waals surface area contributed by atoms with Crippen molar-refractivity contribution in [2.45, 2.75) is 37.8 Å². The lowest BCUT2D eigenvalue weighted by Gasteiger charge is -2.17. The summed E-state index contributed by atoms with van der Waals surface area (Å²) in [6, 6.07) is 6.27. The second-order valence-corrected chi connectivity index (χ2v) is 6.86. The molecule has 3 rings (SSSR count). The van der Waals surface area contributed by atoms with Crippen LogP contribution in [0.25, 0.3) is 0 Å². The van der Waals surface area contributed by atoms with Gasteiger partial charge in [0.25, 0.3) is 11.8 Å². The molecule has 6 nitrogen and oxygen atoms in total. The van der Waals surface area contributed by atoms with Crippen molar-refractivity contribution in [3.63, 3.8) is 0 Å². The number of amides is 3. The summed E-state index contributed by atoms with van der Waals surface area (Å²) >= 11 is 3.34. The molecule has 3 N–H and O–H groups in total. The predicted molar refractivity (Wildman–Crippen MR) is 87.6 cm³/mol. The van der Waals surface area contributed by atoms with Gasteiger partial charge in [-0.05, 0) is 37.1 Å². The molecule has 2 saturated heterocycles. The number of nitrogens with two attached hydrogens (primary N) is 1. The second-order valence-electron chi connectivity index (χ2n) is 5.94. The smallest absolute Gasteiger partial charge is 0.292 e. The molecule has 0 bridgehead atoms. The van der Waals surface area contributed by atoms with E-state index in [0.29, 0.717) is 12.2 Å². The molecule has 1 aromatic rings. The van der Waals surface area contributed by atoms with E-state index in [1.54, 1.807) is 29.6 Å². The fourth-order valence-corrected chi connectivity index (χ4v) is 3.36. The number of anilines is 1. The minimum absolute atomic E-state index is 0.0372. The van der Waals surface area contributed by atoms with Crippen LogP contribution in [0.2, 0.25) is 0 Å². The monoisotopic (exact) mass is 380 g/mol. The van der Waals surface area contributed by atoms with E-state index in [-0.39, 0.29) is 30.2 Å². The highest BCUT2D eigenvalue weighted by Gasteiger charge is 2.44. The van der Waals surface area contributed by atoms with Gasteiger partial charge >= 0.3 is 0 Å². The van der Waals surface area contributed by atoms with E-state index in [1.807, 2.05) is 0 Å². The lowest BCUT2D eigenvalue weighted by atomic mass is 10.1. The van der Waals surface area contributed by atoms with Gasteiger partial charge in [0.05, 0.1) is 12.1 Å². The largest absolute Gasteiger partial charge is 0.351 e. The minimum atomic E-state index is -0.514. The number of nitrogens with zero attached hydrogens (tertiary/aromatic N) is 1. The number of benzene rings is 1. The van der Waals surface area contributed by atoms with Gasteiger partial charge in [0.15, 0.2) is 12.1 Å². The van der Waals surface area contributed by atoms with E-state index in [2.05, 4.69) is 21.2 Å². The molecule has 0 saturated carbocycles. The Kier molecular flexibility index (Phi) is 4.77. The maximum atomic E-state index is 12.6. The van der Waals surface area contributed by atoms with Crippen LogP contribution in [0.15, 0.2) is 28.7 Å². The Morgan fingerprint density at radius 3 is 2.57 bits per heavy atom. The third kappa shape index (κ3) is 3.45. The van der Waals surface area contributed by atoms with Crippen LogP contribution in [0.4, 0.5) is 5.69 Å². The van der Waals surface area contributed by atoms with Gasteiger partial charge in [0.2, 0.25) is 5.91 Å². The van der Waals surface area contributed by atoms with Crippen molar-refractivity contribution in [2.24, 2.45) is 0 Å².